The lowest BCUT2D eigenvalue weighted by Crippen LogP contribution is -2.47. The number of amides is 2. The fourth-order valence-corrected chi connectivity index (χ4v) is 3.41. The van der Waals surface area contributed by atoms with Crippen molar-refractivity contribution in [2.75, 3.05) is 19.7 Å². The van der Waals surface area contributed by atoms with Gasteiger partial charge in [-0.2, -0.15) is 0 Å². The molecule has 5 nitrogen and oxygen atoms in total. The number of hydrogen-bond acceptors (Lipinski definition) is 3. The molecule has 2 rings (SSSR count). The molecule has 1 fully saturated rings. The molecule has 0 atom stereocenters. The zero-order chi connectivity index (χ0) is 20.0. The minimum Gasteiger partial charge on any atom is -0.483 e. The Morgan fingerprint density at radius 2 is 1.89 bits per heavy atom. The Hall–Kier alpha value is -2.04. The Balaban J connectivity index is 1.83. The molecule has 0 spiro atoms. The molecular formula is C22H34N2O3. The van der Waals surface area contributed by atoms with Crippen LogP contribution in [0.15, 0.2) is 18.2 Å². The van der Waals surface area contributed by atoms with Crippen molar-refractivity contribution in [3.63, 3.8) is 0 Å². The highest BCUT2D eigenvalue weighted by Crippen LogP contribution is 2.32. The monoisotopic (exact) mass is 374 g/mol. The molecule has 0 aromatic heterocycles. The van der Waals surface area contributed by atoms with E-state index in [1.807, 2.05) is 24.0 Å². The number of aryl methyl sites for hydroxylation is 1. The predicted octanol–water partition coefficient (Wildman–Crippen LogP) is 3.58. The third-order valence-electron chi connectivity index (χ3n) is 4.98. The molecule has 2 amide bonds. The molecule has 1 N–H and O–H groups in total. The zero-order valence-electron chi connectivity index (χ0n) is 17.4. The molecule has 1 aromatic carbocycles. The molecule has 1 heterocycles. The van der Waals surface area contributed by atoms with E-state index >= 15 is 0 Å². The number of likely N-dealkylation sites (tertiary alicyclic amines) is 1. The lowest BCUT2D eigenvalue weighted by molar-refractivity contribution is -0.132. The van der Waals surface area contributed by atoms with E-state index in [1.54, 1.807) is 0 Å². The van der Waals surface area contributed by atoms with Crippen LogP contribution in [0.3, 0.4) is 0 Å². The molecule has 1 aromatic rings. The van der Waals surface area contributed by atoms with Gasteiger partial charge in [0.05, 0.1) is 0 Å². The number of piperidine rings is 1. The third kappa shape index (κ3) is 6.26. The summed E-state index contributed by atoms with van der Waals surface area (Å²) in [5.74, 6) is 0.886. The molecular weight excluding hydrogens is 340 g/mol. The van der Waals surface area contributed by atoms with E-state index in [9.17, 15) is 9.59 Å². The Labute approximate surface area is 163 Å². The maximum absolute atomic E-state index is 12.3. The lowest BCUT2D eigenvalue weighted by Gasteiger charge is -2.32. The largest absolute Gasteiger partial charge is 0.483 e. The fraction of sp³-hybridized carbons (Fsp3) is 0.636. The van der Waals surface area contributed by atoms with Crippen LogP contribution in [0.25, 0.3) is 0 Å². The third-order valence-corrected chi connectivity index (χ3v) is 4.98. The molecule has 150 valence electrons. The standard InChI is InChI=1S/C22H34N2O3/c1-6-7-21(26)24-12-10-17(11-13-24)23-20(25)15-27-19-9-8-16(2)14-18(19)22(3,4)5/h8-9,14,17H,6-7,10-13,15H2,1-5H3,(H,23,25). The van der Waals surface area contributed by atoms with Crippen LogP contribution >= 0.6 is 0 Å². The number of nitrogens with one attached hydrogen (secondary N) is 1. The van der Waals surface area contributed by atoms with Gasteiger partial charge in [0.25, 0.3) is 5.91 Å². The van der Waals surface area contributed by atoms with E-state index in [-0.39, 0.29) is 29.9 Å². The van der Waals surface area contributed by atoms with Gasteiger partial charge in [0.2, 0.25) is 5.91 Å². The van der Waals surface area contributed by atoms with Crippen LogP contribution in [0.5, 0.6) is 5.75 Å². The number of rotatable bonds is 6. The van der Waals surface area contributed by atoms with Gasteiger partial charge in [-0.3, -0.25) is 9.59 Å². The SMILES string of the molecule is CCCC(=O)N1CCC(NC(=O)COc2ccc(C)cc2C(C)(C)C)CC1. The highest BCUT2D eigenvalue weighted by Gasteiger charge is 2.24. The summed E-state index contributed by atoms with van der Waals surface area (Å²) >= 11 is 0. The van der Waals surface area contributed by atoms with Crippen molar-refractivity contribution in [2.24, 2.45) is 0 Å². The summed E-state index contributed by atoms with van der Waals surface area (Å²) in [6.07, 6.45) is 3.10. The molecule has 1 aliphatic heterocycles. The van der Waals surface area contributed by atoms with E-state index in [2.05, 4.69) is 39.1 Å². The van der Waals surface area contributed by atoms with Gasteiger partial charge in [0.15, 0.2) is 6.61 Å². The summed E-state index contributed by atoms with van der Waals surface area (Å²) in [6.45, 7) is 12.0. The van der Waals surface area contributed by atoms with Crippen molar-refractivity contribution >= 4 is 11.8 Å². The van der Waals surface area contributed by atoms with Gasteiger partial charge in [-0.25, -0.2) is 0 Å². The zero-order valence-corrected chi connectivity index (χ0v) is 17.4. The van der Waals surface area contributed by atoms with E-state index in [0.717, 1.165) is 43.7 Å². The molecule has 0 aliphatic carbocycles. The molecule has 0 radical (unpaired) electrons. The second-order valence-electron chi connectivity index (χ2n) is 8.51. The summed E-state index contributed by atoms with van der Waals surface area (Å²) in [7, 11) is 0. The van der Waals surface area contributed by atoms with Crippen molar-refractivity contribution in [3.05, 3.63) is 29.3 Å². The summed E-state index contributed by atoms with van der Waals surface area (Å²) in [4.78, 5) is 26.2. The number of hydrogen-bond donors (Lipinski definition) is 1. The molecule has 0 unspecified atom stereocenters. The quantitative estimate of drug-likeness (QED) is 0.828. The van der Waals surface area contributed by atoms with Gasteiger partial charge >= 0.3 is 0 Å². The van der Waals surface area contributed by atoms with Crippen molar-refractivity contribution in [1.82, 2.24) is 10.2 Å². The average Bonchev–Trinajstić information content (AvgIpc) is 2.60. The van der Waals surface area contributed by atoms with Crippen LogP contribution < -0.4 is 10.1 Å². The van der Waals surface area contributed by atoms with Gasteiger partial charge in [-0.15, -0.1) is 0 Å². The topological polar surface area (TPSA) is 58.6 Å². The number of carbonyl (C=O) groups excluding carboxylic acids is 2. The molecule has 0 saturated carbocycles. The molecule has 5 heteroatoms. The van der Waals surface area contributed by atoms with Gasteiger partial charge in [0.1, 0.15) is 5.75 Å². The first-order valence-electron chi connectivity index (χ1n) is 10.0. The van der Waals surface area contributed by atoms with Crippen LogP contribution in [0, 0.1) is 6.92 Å². The van der Waals surface area contributed by atoms with Crippen molar-refractivity contribution in [1.29, 1.82) is 0 Å². The Kier molecular flexibility index (Phi) is 7.28. The summed E-state index contributed by atoms with van der Waals surface area (Å²) < 4.78 is 5.84. The highest BCUT2D eigenvalue weighted by molar-refractivity contribution is 5.78. The smallest absolute Gasteiger partial charge is 0.258 e. The van der Waals surface area contributed by atoms with Crippen LogP contribution in [0.1, 0.15) is 64.5 Å². The predicted molar refractivity (Wildman–Crippen MR) is 108 cm³/mol. The maximum Gasteiger partial charge on any atom is 0.258 e. The lowest BCUT2D eigenvalue weighted by atomic mass is 9.85. The number of benzene rings is 1. The van der Waals surface area contributed by atoms with E-state index in [1.165, 1.54) is 5.56 Å². The van der Waals surface area contributed by atoms with Gasteiger partial charge < -0.3 is 15.0 Å². The Morgan fingerprint density at radius 1 is 1.22 bits per heavy atom. The maximum atomic E-state index is 12.3. The first kappa shape index (κ1) is 21.3. The minimum atomic E-state index is -0.103. The second kappa shape index (κ2) is 9.25. The van der Waals surface area contributed by atoms with Crippen LogP contribution in [-0.2, 0) is 15.0 Å². The van der Waals surface area contributed by atoms with E-state index < -0.39 is 0 Å². The highest BCUT2D eigenvalue weighted by atomic mass is 16.5. The van der Waals surface area contributed by atoms with Crippen LogP contribution in [-0.4, -0.2) is 42.5 Å². The van der Waals surface area contributed by atoms with Crippen molar-refractivity contribution in [3.8, 4) is 5.75 Å². The van der Waals surface area contributed by atoms with Gasteiger partial charge in [-0.1, -0.05) is 45.4 Å². The number of carbonyl (C=O) groups is 2. The van der Waals surface area contributed by atoms with Crippen LogP contribution in [0.4, 0.5) is 0 Å². The van der Waals surface area contributed by atoms with E-state index in [4.69, 9.17) is 4.74 Å². The van der Waals surface area contributed by atoms with Crippen molar-refractivity contribution < 1.29 is 14.3 Å². The molecule has 1 saturated heterocycles. The molecule has 1 aliphatic rings. The average molecular weight is 375 g/mol. The van der Waals surface area contributed by atoms with Crippen LogP contribution in [0.2, 0.25) is 0 Å². The van der Waals surface area contributed by atoms with Crippen molar-refractivity contribution in [2.45, 2.75) is 71.8 Å². The second-order valence-corrected chi connectivity index (χ2v) is 8.51. The number of ether oxygens (including phenoxy) is 1. The Bertz CT molecular complexity index is 656. The first-order valence-corrected chi connectivity index (χ1v) is 10.0. The Morgan fingerprint density at radius 3 is 2.48 bits per heavy atom. The number of nitrogens with zero attached hydrogens (tertiary/aromatic N) is 1. The van der Waals surface area contributed by atoms with Gasteiger partial charge in [-0.05, 0) is 43.2 Å². The summed E-state index contributed by atoms with van der Waals surface area (Å²) in [5, 5.41) is 3.05. The molecule has 0 bridgehead atoms. The van der Waals surface area contributed by atoms with Gasteiger partial charge in [0, 0.05) is 25.6 Å². The first-order chi connectivity index (χ1) is 12.7. The molecule has 27 heavy (non-hydrogen) atoms. The minimum absolute atomic E-state index is 0.0150. The normalized spacial score (nSPS) is 15.5. The van der Waals surface area contributed by atoms with E-state index in [0.29, 0.717) is 6.42 Å². The summed E-state index contributed by atoms with van der Waals surface area (Å²) in [6, 6.07) is 6.19. The fourth-order valence-electron chi connectivity index (χ4n) is 3.41. The summed E-state index contributed by atoms with van der Waals surface area (Å²) in [5.41, 5.74) is 2.24.